The Labute approximate surface area is 167 Å². The normalized spacial score (nSPS) is 32.0. The predicted octanol–water partition coefficient (Wildman–Crippen LogP) is 5.61. The average molecular weight is 379 g/mol. The molecule has 3 aliphatic rings. The van der Waals surface area contributed by atoms with E-state index in [4.69, 9.17) is 9.47 Å². The van der Waals surface area contributed by atoms with E-state index in [9.17, 15) is 5.11 Å². The molecule has 0 amide bonds. The first-order valence-electron chi connectivity index (χ1n) is 10.7. The van der Waals surface area contributed by atoms with Crippen LogP contribution in [-0.2, 0) is 4.74 Å². The summed E-state index contributed by atoms with van der Waals surface area (Å²) < 4.78 is 12.3. The van der Waals surface area contributed by atoms with Crippen LogP contribution in [0.4, 0.5) is 0 Å². The van der Waals surface area contributed by atoms with Crippen LogP contribution in [0.25, 0.3) is 10.8 Å². The summed E-state index contributed by atoms with van der Waals surface area (Å²) in [6, 6.07) is 14.5. The fourth-order valence-corrected chi connectivity index (χ4v) is 5.54. The van der Waals surface area contributed by atoms with Crippen molar-refractivity contribution in [1.29, 1.82) is 0 Å². The highest BCUT2D eigenvalue weighted by atomic mass is 16.7. The van der Waals surface area contributed by atoms with Crippen molar-refractivity contribution >= 4 is 10.8 Å². The van der Waals surface area contributed by atoms with Crippen LogP contribution in [0.3, 0.4) is 0 Å². The first kappa shape index (κ1) is 18.2. The minimum absolute atomic E-state index is 0.00334. The summed E-state index contributed by atoms with van der Waals surface area (Å²) >= 11 is 0. The van der Waals surface area contributed by atoms with E-state index in [0.29, 0.717) is 6.61 Å². The maximum absolute atomic E-state index is 11.7. The van der Waals surface area contributed by atoms with Gasteiger partial charge in [-0.15, -0.1) is 0 Å². The van der Waals surface area contributed by atoms with E-state index in [1.54, 1.807) is 0 Å². The average Bonchev–Trinajstić information content (AvgIpc) is 3.10. The van der Waals surface area contributed by atoms with Crippen molar-refractivity contribution in [2.75, 3.05) is 6.61 Å². The molecular formula is C25H30O3. The Hall–Kier alpha value is -1.84. The van der Waals surface area contributed by atoms with Crippen LogP contribution < -0.4 is 4.74 Å². The summed E-state index contributed by atoms with van der Waals surface area (Å²) in [6.45, 7) is 2.91. The van der Waals surface area contributed by atoms with Crippen LogP contribution in [0.15, 0.2) is 54.1 Å². The summed E-state index contributed by atoms with van der Waals surface area (Å²) in [5.74, 6) is 0.979. The largest absolute Gasteiger partial charge is 0.464 e. The minimum Gasteiger partial charge on any atom is -0.464 e. The molecule has 0 radical (unpaired) electrons. The monoisotopic (exact) mass is 378 g/mol. The molecule has 1 saturated carbocycles. The summed E-state index contributed by atoms with van der Waals surface area (Å²) in [4.78, 5) is 0. The molecule has 1 aliphatic heterocycles. The third-order valence-corrected chi connectivity index (χ3v) is 7.53. The van der Waals surface area contributed by atoms with Gasteiger partial charge in [0.05, 0.1) is 12.2 Å². The van der Waals surface area contributed by atoms with Gasteiger partial charge in [-0.25, -0.2) is 0 Å². The number of rotatable bonds is 3. The zero-order chi connectivity index (χ0) is 19.2. The smallest absolute Gasteiger partial charge is 0.206 e. The number of benzene rings is 2. The van der Waals surface area contributed by atoms with E-state index in [-0.39, 0.29) is 17.6 Å². The third-order valence-electron chi connectivity index (χ3n) is 7.53. The number of fused-ring (bicyclic) bond motifs is 2. The second kappa shape index (κ2) is 6.89. The van der Waals surface area contributed by atoms with Crippen LogP contribution in [-0.4, -0.2) is 23.6 Å². The van der Waals surface area contributed by atoms with Crippen LogP contribution >= 0.6 is 0 Å². The van der Waals surface area contributed by atoms with E-state index in [0.717, 1.165) is 31.4 Å². The molecule has 0 spiro atoms. The second-order valence-electron chi connectivity index (χ2n) is 9.25. The highest BCUT2D eigenvalue weighted by Gasteiger charge is 2.52. The summed E-state index contributed by atoms with van der Waals surface area (Å²) in [5, 5.41) is 14.1. The lowest BCUT2D eigenvalue weighted by Gasteiger charge is -2.50. The van der Waals surface area contributed by atoms with Crippen molar-refractivity contribution in [3.63, 3.8) is 0 Å². The van der Waals surface area contributed by atoms with Crippen molar-refractivity contribution in [3.8, 4) is 5.75 Å². The van der Waals surface area contributed by atoms with Gasteiger partial charge in [-0.3, -0.25) is 0 Å². The van der Waals surface area contributed by atoms with Gasteiger partial charge < -0.3 is 14.6 Å². The van der Waals surface area contributed by atoms with Crippen LogP contribution in [0.5, 0.6) is 5.75 Å². The van der Waals surface area contributed by atoms with Gasteiger partial charge in [0.1, 0.15) is 5.75 Å². The molecule has 0 unspecified atom stereocenters. The molecule has 2 aliphatic carbocycles. The summed E-state index contributed by atoms with van der Waals surface area (Å²) in [6.07, 6.45) is 9.42. The lowest BCUT2D eigenvalue weighted by atomic mass is 9.59. The molecule has 3 atom stereocenters. The Kier molecular flexibility index (Phi) is 4.48. The van der Waals surface area contributed by atoms with E-state index in [1.807, 2.05) is 12.1 Å². The van der Waals surface area contributed by atoms with Crippen LogP contribution in [0, 0.1) is 11.3 Å². The number of hydrogen-bond donors (Lipinski definition) is 1. The Balaban J connectivity index is 1.37. The zero-order valence-corrected chi connectivity index (χ0v) is 16.7. The quantitative estimate of drug-likeness (QED) is 0.705. The Morgan fingerprint density at radius 3 is 2.64 bits per heavy atom. The molecule has 1 heterocycles. The molecule has 2 aromatic carbocycles. The van der Waals surface area contributed by atoms with Crippen molar-refractivity contribution < 1.29 is 14.6 Å². The van der Waals surface area contributed by atoms with Gasteiger partial charge in [0.2, 0.25) is 6.29 Å². The number of hydrogen-bond acceptors (Lipinski definition) is 3. The standard InChI is InChI=1S/C25H30O3/c1-24(12-5-2-6-13-24)25(26)14-11-20-17-27-23(22(20)16-25)28-21-10-9-18-7-3-4-8-19(18)15-21/h3-4,7-11,15,22-23,26H,2,5-6,12-14,16-17H2,1H3/t22-,23-,25+/m1/s1. The van der Waals surface area contributed by atoms with Crippen molar-refractivity contribution in [2.45, 2.75) is 63.8 Å². The Morgan fingerprint density at radius 1 is 1.04 bits per heavy atom. The fourth-order valence-electron chi connectivity index (χ4n) is 5.54. The molecule has 1 N–H and O–H groups in total. The molecule has 2 aromatic rings. The van der Waals surface area contributed by atoms with Gasteiger partial charge in [-0.2, -0.15) is 0 Å². The lowest BCUT2D eigenvalue weighted by molar-refractivity contribution is -0.131. The molecule has 0 bridgehead atoms. The van der Waals surface area contributed by atoms with E-state index >= 15 is 0 Å². The summed E-state index contributed by atoms with van der Waals surface area (Å²) in [7, 11) is 0. The Morgan fingerprint density at radius 2 is 1.82 bits per heavy atom. The summed E-state index contributed by atoms with van der Waals surface area (Å²) in [5.41, 5.74) is 0.652. The second-order valence-corrected chi connectivity index (χ2v) is 9.25. The molecule has 28 heavy (non-hydrogen) atoms. The van der Waals surface area contributed by atoms with Gasteiger partial charge in [0, 0.05) is 5.92 Å². The highest BCUT2D eigenvalue weighted by Crippen LogP contribution is 2.53. The van der Waals surface area contributed by atoms with E-state index in [1.165, 1.54) is 35.6 Å². The zero-order valence-electron chi connectivity index (χ0n) is 16.7. The molecule has 5 rings (SSSR count). The Bertz CT molecular complexity index is 896. The van der Waals surface area contributed by atoms with Gasteiger partial charge in [-0.05, 0) is 59.6 Å². The lowest BCUT2D eigenvalue weighted by Crippen LogP contribution is -2.51. The van der Waals surface area contributed by atoms with Gasteiger partial charge >= 0.3 is 0 Å². The third kappa shape index (κ3) is 3.05. The van der Waals surface area contributed by atoms with Crippen molar-refractivity contribution in [1.82, 2.24) is 0 Å². The molecule has 2 fully saturated rings. The van der Waals surface area contributed by atoms with Gasteiger partial charge in [0.25, 0.3) is 0 Å². The fraction of sp³-hybridized carbons (Fsp3) is 0.520. The molecule has 0 aromatic heterocycles. The molecular weight excluding hydrogens is 348 g/mol. The van der Waals surface area contributed by atoms with Crippen molar-refractivity contribution in [2.24, 2.45) is 11.3 Å². The maximum Gasteiger partial charge on any atom is 0.206 e. The molecule has 148 valence electrons. The van der Waals surface area contributed by atoms with Gasteiger partial charge in [0.15, 0.2) is 0 Å². The van der Waals surface area contributed by atoms with E-state index < -0.39 is 5.60 Å². The first-order valence-corrected chi connectivity index (χ1v) is 10.7. The minimum atomic E-state index is -0.652. The topological polar surface area (TPSA) is 38.7 Å². The van der Waals surface area contributed by atoms with Gasteiger partial charge in [-0.1, -0.05) is 62.6 Å². The molecule has 3 nitrogen and oxygen atoms in total. The van der Waals surface area contributed by atoms with Crippen LogP contribution in [0.1, 0.15) is 51.9 Å². The first-order chi connectivity index (χ1) is 13.6. The predicted molar refractivity (Wildman–Crippen MR) is 111 cm³/mol. The molecule has 3 heteroatoms. The molecule has 1 saturated heterocycles. The number of aliphatic hydroxyl groups is 1. The maximum atomic E-state index is 11.7. The SMILES string of the molecule is CC1([C@]2(O)CC=C3CO[C@H](Oc4ccc5ccccc5c4)[C@@H]3C2)CCCCC1. The number of ether oxygens (including phenoxy) is 2. The van der Waals surface area contributed by atoms with Crippen LogP contribution in [0.2, 0.25) is 0 Å². The van der Waals surface area contributed by atoms with E-state index in [2.05, 4.69) is 43.3 Å². The van der Waals surface area contributed by atoms with Crippen molar-refractivity contribution in [3.05, 3.63) is 54.1 Å². The highest BCUT2D eigenvalue weighted by molar-refractivity contribution is 5.83.